The zero-order valence-corrected chi connectivity index (χ0v) is 34.0. The van der Waals surface area contributed by atoms with Gasteiger partial charge in [0.1, 0.15) is 6.29 Å². The standard InChI is InChI=1S/C42H80N4O6/c1-28(2)11-15-49-23-35-19-33(21-47)40(38(35)26-50-16-12-29(3)4)31-9-10-32(18-31)41-34(22-48)20-36(39(41)27-51-17-13-30(5)6)24-52-25-37(43)8-7-14-46-42(44)45/h22,28-41,47H,7-21,23-27,43H2,1-6H3,(H4,44,45,46). The van der Waals surface area contributed by atoms with Crippen molar-refractivity contribution < 1.29 is 28.8 Å². The topological polar surface area (TPSA) is 165 Å². The Hall–Kier alpha value is -1.30. The van der Waals surface area contributed by atoms with Gasteiger partial charge in [-0.2, -0.15) is 0 Å². The number of carbonyl (C=O) groups excluding carboxylic acids is 1. The molecule has 0 saturated heterocycles. The molecule has 11 atom stereocenters. The Kier molecular flexibility index (Phi) is 21.0. The molecule has 3 saturated carbocycles. The molecule has 0 aromatic carbocycles. The Morgan fingerprint density at radius 1 is 0.712 bits per heavy atom. The number of aldehydes is 1. The molecule has 10 nitrogen and oxygen atoms in total. The summed E-state index contributed by atoms with van der Waals surface area (Å²) in [4.78, 5) is 16.8. The molecule has 0 aromatic rings. The van der Waals surface area contributed by atoms with Crippen molar-refractivity contribution in [1.82, 2.24) is 0 Å². The lowest BCUT2D eigenvalue weighted by atomic mass is 9.73. The molecule has 3 fully saturated rings. The molecule has 10 heteroatoms. The van der Waals surface area contributed by atoms with Crippen LogP contribution in [0.3, 0.4) is 0 Å². The van der Waals surface area contributed by atoms with E-state index in [1.54, 1.807) is 0 Å². The monoisotopic (exact) mass is 737 g/mol. The van der Waals surface area contributed by atoms with Crippen molar-refractivity contribution in [2.24, 2.45) is 99.1 Å². The first-order valence-corrected chi connectivity index (χ1v) is 21.1. The van der Waals surface area contributed by atoms with Crippen LogP contribution in [0.5, 0.6) is 0 Å². The SMILES string of the molecule is CC(C)CCOCC1CC(CO)C(C2CCC(C3C(C=O)CC(COCC(N)CCCN=C(N)N)C3COCCC(C)C)C2)C1COCCC(C)C. The van der Waals surface area contributed by atoms with E-state index in [4.69, 9.17) is 36.1 Å². The molecule has 3 aliphatic carbocycles. The Bertz CT molecular complexity index is 994. The number of guanidine groups is 1. The van der Waals surface area contributed by atoms with Gasteiger partial charge in [-0.3, -0.25) is 4.99 Å². The Morgan fingerprint density at radius 2 is 1.23 bits per heavy atom. The van der Waals surface area contributed by atoms with Crippen molar-refractivity contribution in [3.8, 4) is 0 Å². The average molecular weight is 737 g/mol. The zero-order chi connectivity index (χ0) is 38.0. The summed E-state index contributed by atoms with van der Waals surface area (Å²) in [5, 5.41) is 10.7. The number of nitrogens with two attached hydrogens (primary N) is 3. The van der Waals surface area contributed by atoms with Crippen LogP contribution in [0.15, 0.2) is 4.99 Å². The van der Waals surface area contributed by atoms with Crippen molar-refractivity contribution in [1.29, 1.82) is 0 Å². The highest BCUT2D eigenvalue weighted by atomic mass is 16.5. The van der Waals surface area contributed by atoms with E-state index in [0.717, 1.165) is 97.2 Å². The summed E-state index contributed by atoms with van der Waals surface area (Å²) >= 11 is 0. The van der Waals surface area contributed by atoms with Gasteiger partial charge in [0.2, 0.25) is 0 Å². The number of aliphatic hydroxyl groups is 1. The molecule has 0 aliphatic heterocycles. The molecule has 3 aliphatic rings. The third-order valence-electron chi connectivity index (χ3n) is 12.6. The second-order valence-corrected chi connectivity index (χ2v) is 18.1. The van der Waals surface area contributed by atoms with Gasteiger partial charge >= 0.3 is 0 Å². The molecule has 52 heavy (non-hydrogen) atoms. The van der Waals surface area contributed by atoms with Crippen LogP contribution in [0, 0.1) is 76.9 Å². The summed E-state index contributed by atoms with van der Waals surface area (Å²) in [6.45, 7) is 19.8. The molecular weight excluding hydrogens is 656 g/mol. The zero-order valence-electron chi connectivity index (χ0n) is 34.0. The molecular formula is C42H80N4O6. The van der Waals surface area contributed by atoms with Crippen molar-refractivity contribution in [3.05, 3.63) is 0 Å². The van der Waals surface area contributed by atoms with E-state index in [1.165, 1.54) is 6.29 Å². The number of carbonyl (C=O) groups is 1. The van der Waals surface area contributed by atoms with Crippen LogP contribution in [0.1, 0.15) is 106 Å². The molecule has 0 heterocycles. The van der Waals surface area contributed by atoms with Crippen molar-refractivity contribution >= 4 is 12.2 Å². The van der Waals surface area contributed by atoms with E-state index in [-0.39, 0.29) is 48.2 Å². The van der Waals surface area contributed by atoms with Crippen LogP contribution in [-0.2, 0) is 23.7 Å². The molecule has 0 bridgehead atoms. The second kappa shape index (κ2) is 24.3. The summed E-state index contributed by atoms with van der Waals surface area (Å²) in [5.74, 6) is 5.22. The van der Waals surface area contributed by atoms with Gasteiger partial charge in [0.15, 0.2) is 5.96 Å². The molecule has 0 amide bonds. The van der Waals surface area contributed by atoms with Crippen molar-refractivity contribution in [2.75, 3.05) is 66.0 Å². The van der Waals surface area contributed by atoms with Crippen LogP contribution in [0.25, 0.3) is 0 Å². The molecule has 304 valence electrons. The van der Waals surface area contributed by atoms with E-state index in [9.17, 15) is 9.90 Å². The maximum atomic E-state index is 12.8. The molecule has 0 radical (unpaired) electrons. The van der Waals surface area contributed by atoms with Gasteiger partial charge in [-0.15, -0.1) is 0 Å². The lowest BCUT2D eigenvalue weighted by Gasteiger charge is -2.34. The predicted molar refractivity (Wildman–Crippen MR) is 211 cm³/mol. The fourth-order valence-corrected chi connectivity index (χ4v) is 9.75. The van der Waals surface area contributed by atoms with Gasteiger partial charge in [0.25, 0.3) is 0 Å². The van der Waals surface area contributed by atoms with Gasteiger partial charge in [-0.25, -0.2) is 0 Å². The Labute approximate surface area is 317 Å². The highest BCUT2D eigenvalue weighted by Gasteiger charge is 2.52. The molecule has 3 rings (SSSR count). The summed E-state index contributed by atoms with van der Waals surface area (Å²) in [6, 6.07) is -0.0813. The van der Waals surface area contributed by atoms with Gasteiger partial charge < -0.3 is 46.0 Å². The van der Waals surface area contributed by atoms with Crippen molar-refractivity contribution in [2.45, 2.75) is 112 Å². The minimum absolute atomic E-state index is 0.0128. The third-order valence-corrected chi connectivity index (χ3v) is 12.6. The number of ether oxygens (including phenoxy) is 4. The number of hydrogen-bond donors (Lipinski definition) is 4. The fourth-order valence-electron chi connectivity index (χ4n) is 9.75. The highest BCUT2D eigenvalue weighted by Crippen LogP contribution is 2.56. The predicted octanol–water partition coefficient (Wildman–Crippen LogP) is 5.92. The first-order chi connectivity index (χ1) is 24.9. The maximum Gasteiger partial charge on any atom is 0.185 e. The lowest BCUT2D eigenvalue weighted by molar-refractivity contribution is -0.113. The summed E-state index contributed by atoms with van der Waals surface area (Å²) in [7, 11) is 0. The third kappa shape index (κ3) is 15.1. The number of nitrogens with zero attached hydrogens (tertiary/aromatic N) is 1. The lowest BCUT2D eigenvalue weighted by Crippen LogP contribution is -2.33. The van der Waals surface area contributed by atoms with Gasteiger partial charge in [-0.05, 0) is 135 Å². The van der Waals surface area contributed by atoms with Gasteiger partial charge in [0.05, 0.1) is 19.8 Å². The Morgan fingerprint density at radius 3 is 1.77 bits per heavy atom. The van der Waals surface area contributed by atoms with Crippen LogP contribution in [0.4, 0.5) is 0 Å². The normalized spacial score (nSPS) is 31.3. The van der Waals surface area contributed by atoms with Gasteiger partial charge in [-0.1, -0.05) is 41.5 Å². The second-order valence-electron chi connectivity index (χ2n) is 18.1. The average Bonchev–Trinajstić information content (AvgIpc) is 3.80. The highest BCUT2D eigenvalue weighted by molar-refractivity contribution is 5.75. The molecule has 7 N–H and O–H groups in total. The number of hydrogen-bond acceptors (Lipinski definition) is 8. The van der Waals surface area contributed by atoms with E-state index in [0.29, 0.717) is 73.7 Å². The van der Waals surface area contributed by atoms with Crippen LogP contribution in [-0.4, -0.2) is 89.4 Å². The summed E-state index contributed by atoms with van der Waals surface area (Å²) in [5.41, 5.74) is 17.3. The quantitative estimate of drug-likeness (QED) is 0.0347. The van der Waals surface area contributed by atoms with E-state index in [1.807, 2.05) is 0 Å². The van der Waals surface area contributed by atoms with E-state index < -0.39 is 0 Å². The van der Waals surface area contributed by atoms with Crippen LogP contribution < -0.4 is 17.2 Å². The Balaban J connectivity index is 1.71. The van der Waals surface area contributed by atoms with Crippen molar-refractivity contribution in [3.63, 3.8) is 0 Å². The van der Waals surface area contributed by atoms with Gasteiger partial charge in [0, 0.05) is 58.1 Å². The van der Waals surface area contributed by atoms with E-state index >= 15 is 0 Å². The first kappa shape index (κ1) is 45.1. The molecule has 11 unspecified atom stereocenters. The van der Waals surface area contributed by atoms with E-state index in [2.05, 4.69) is 46.5 Å². The smallest absolute Gasteiger partial charge is 0.185 e. The maximum absolute atomic E-state index is 12.8. The summed E-state index contributed by atoms with van der Waals surface area (Å²) < 4.78 is 25.3. The largest absolute Gasteiger partial charge is 0.396 e. The summed E-state index contributed by atoms with van der Waals surface area (Å²) in [6.07, 6.45) is 11.2. The van der Waals surface area contributed by atoms with Crippen LogP contribution in [0.2, 0.25) is 0 Å². The number of rotatable bonds is 27. The minimum Gasteiger partial charge on any atom is -0.396 e. The first-order valence-electron chi connectivity index (χ1n) is 21.1. The number of aliphatic imine (C=N–C) groups is 1. The number of aliphatic hydroxyl groups excluding tert-OH is 1. The molecule has 0 spiro atoms. The fraction of sp³-hybridized carbons (Fsp3) is 0.952. The van der Waals surface area contributed by atoms with Crippen LogP contribution >= 0.6 is 0 Å². The molecule has 0 aromatic heterocycles. The minimum atomic E-state index is -0.0813.